The number of nitrogens with one attached hydrogen (secondary N) is 1. The highest BCUT2D eigenvalue weighted by Gasteiger charge is 2.43. The fourth-order valence-electron chi connectivity index (χ4n) is 3.15. The summed E-state index contributed by atoms with van der Waals surface area (Å²) in [5.74, 6) is 0.482. The Bertz CT molecular complexity index is 891. The van der Waals surface area contributed by atoms with E-state index in [1.807, 2.05) is 53.3 Å². The van der Waals surface area contributed by atoms with Crippen molar-refractivity contribution in [2.75, 3.05) is 5.32 Å². The van der Waals surface area contributed by atoms with E-state index < -0.39 is 0 Å². The van der Waals surface area contributed by atoms with Gasteiger partial charge < -0.3 is 5.32 Å². The average molecular weight is 396 g/mol. The molecule has 1 heterocycles. The Balaban J connectivity index is 1.40. The first kappa shape index (κ1) is 16.1. The van der Waals surface area contributed by atoms with E-state index in [4.69, 9.17) is 0 Å². The summed E-state index contributed by atoms with van der Waals surface area (Å²) in [6.45, 7) is 0.695. The summed E-state index contributed by atoms with van der Waals surface area (Å²) >= 11 is 3.49. The van der Waals surface area contributed by atoms with Crippen molar-refractivity contribution in [3.8, 4) is 0 Å². The van der Waals surface area contributed by atoms with Gasteiger partial charge in [0, 0.05) is 28.5 Å². The lowest BCUT2D eigenvalue weighted by Gasteiger charge is -2.08. The smallest absolute Gasteiger partial charge is 0.228 e. The van der Waals surface area contributed by atoms with Crippen LogP contribution in [0.25, 0.3) is 0 Å². The summed E-state index contributed by atoms with van der Waals surface area (Å²) in [7, 11) is 0. The minimum atomic E-state index is 0.0593. The Morgan fingerprint density at radius 3 is 2.88 bits per heavy atom. The van der Waals surface area contributed by atoms with Crippen molar-refractivity contribution in [3.63, 3.8) is 0 Å². The van der Waals surface area contributed by atoms with E-state index in [2.05, 4.69) is 38.5 Å². The van der Waals surface area contributed by atoms with Gasteiger partial charge in [0.05, 0.1) is 6.54 Å². The molecule has 0 bridgehead atoms. The van der Waals surface area contributed by atoms with E-state index >= 15 is 0 Å². The van der Waals surface area contributed by atoms with Crippen molar-refractivity contribution < 1.29 is 4.79 Å². The molecule has 1 saturated carbocycles. The lowest BCUT2D eigenvalue weighted by Crippen LogP contribution is -2.14. The first-order valence-electron chi connectivity index (χ1n) is 8.32. The minimum Gasteiger partial charge on any atom is -0.326 e. The number of aromatic nitrogens is 2. The van der Waals surface area contributed by atoms with Gasteiger partial charge in [-0.05, 0) is 53.8 Å². The number of hydrogen-bond donors (Lipinski definition) is 1. The zero-order valence-corrected chi connectivity index (χ0v) is 15.2. The number of carbonyl (C=O) groups excluding carboxylic acids is 1. The van der Waals surface area contributed by atoms with Gasteiger partial charge in [0.1, 0.15) is 0 Å². The highest BCUT2D eigenvalue weighted by Crippen LogP contribution is 2.48. The molecule has 0 radical (unpaired) electrons. The summed E-state index contributed by atoms with van der Waals surface area (Å²) in [5, 5.41) is 7.27. The highest BCUT2D eigenvalue weighted by molar-refractivity contribution is 9.10. The molecular weight excluding hydrogens is 378 g/mol. The number of rotatable bonds is 5. The van der Waals surface area contributed by atoms with Gasteiger partial charge in [-0.3, -0.25) is 9.48 Å². The van der Waals surface area contributed by atoms with Gasteiger partial charge in [-0.2, -0.15) is 5.10 Å². The molecule has 126 valence electrons. The third-order valence-corrected chi connectivity index (χ3v) is 5.00. The van der Waals surface area contributed by atoms with Crippen LogP contribution in [-0.4, -0.2) is 15.7 Å². The SMILES string of the molecule is O=C(Nc1cccc(Cn2cccn2)c1)[C@H]1C[C@@H]1c1cccc(Br)c1. The molecule has 5 heteroatoms. The van der Waals surface area contributed by atoms with Gasteiger partial charge >= 0.3 is 0 Å². The number of nitrogens with zero attached hydrogens (tertiary/aromatic N) is 2. The number of hydrogen-bond acceptors (Lipinski definition) is 2. The molecule has 2 aromatic carbocycles. The van der Waals surface area contributed by atoms with Crippen molar-refractivity contribution in [1.82, 2.24) is 9.78 Å². The summed E-state index contributed by atoms with van der Waals surface area (Å²) in [6.07, 6.45) is 4.61. The zero-order chi connectivity index (χ0) is 17.2. The van der Waals surface area contributed by atoms with E-state index in [9.17, 15) is 4.79 Å². The maximum Gasteiger partial charge on any atom is 0.228 e. The van der Waals surface area contributed by atoms with E-state index in [1.54, 1.807) is 6.20 Å². The molecular formula is C20H18BrN3O. The second-order valence-corrected chi connectivity index (χ2v) is 7.31. The Hall–Kier alpha value is -2.40. The van der Waals surface area contributed by atoms with Gasteiger partial charge in [-0.1, -0.05) is 40.2 Å². The molecule has 4 nitrogen and oxygen atoms in total. The predicted octanol–water partition coefficient (Wildman–Crippen LogP) is 4.44. The molecule has 1 amide bonds. The van der Waals surface area contributed by atoms with Crippen molar-refractivity contribution in [1.29, 1.82) is 0 Å². The number of anilines is 1. The molecule has 0 saturated heterocycles. The molecule has 1 N–H and O–H groups in total. The molecule has 25 heavy (non-hydrogen) atoms. The maximum atomic E-state index is 12.5. The molecule has 3 aromatic rings. The van der Waals surface area contributed by atoms with Crippen LogP contribution in [0.5, 0.6) is 0 Å². The van der Waals surface area contributed by atoms with E-state index in [1.165, 1.54) is 5.56 Å². The van der Waals surface area contributed by atoms with Crippen LogP contribution in [-0.2, 0) is 11.3 Å². The molecule has 1 aliphatic rings. The molecule has 1 fully saturated rings. The van der Waals surface area contributed by atoms with Gasteiger partial charge in [-0.25, -0.2) is 0 Å². The van der Waals surface area contributed by atoms with Crippen LogP contribution in [0.3, 0.4) is 0 Å². The van der Waals surface area contributed by atoms with Gasteiger partial charge in [0.2, 0.25) is 5.91 Å². The first-order valence-corrected chi connectivity index (χ1v) is 9.11. The van der Waals surface area contributed by atoms with Crippen molar-refractivity contribution >= 4 is 27.5 Å². The normalized spacial score (nSPS) is 18.8. The van der Waals surface area contributed by atoms with Crippen LogP contribution in [0, 0.1) is 5.92 Å². The number of halogens is 1. The lowest BCUT2D eigenvalue weighted by atomic mass is 10.1. The summed E-state index contributed by atoms with van der Waals surface area (Å²) in [4.78, 5) is 12.5. The first-order chi connectivity index (χ1) is 12.2. The van der Waals surface area contributed by atoms with E-state index in [0.717, 1.165) is 22.1 Å². The highest BCUT2D eigenvalue weighted by atomic mass is 79.9. The van der Waals surface area contributed by atoms with Crippen LogP contribution in [0.15, 0.2) is 71.5 Å². The summed E-state index contributed by atoms with van der Waals surface area (Å²) in [6, 6.07) is 18.1. The van der Waals surface area contributed by atoms with Crippen molar-refractivity contribution in [3.05, 3.63) is 82.6 Å². The second-order valence-electron chi connectivity index (χ2n) is 6.40. The predicted molar refractivity (Wildman–Crippen MR) is 101 cm³/mol. The Morgan fingerprint density at radius 1 is 1.20 bits per heavy atom. The van der Waals surface area contributed by atoms with Crippen LogP contribution >= 0.6 is 15.9 Å². The van der Waals surface area contributed by atoms with Crippen molar-refractivity contribution in [2.24, 2.45) is 5.92 Å². The van der Waals surface area contributed by atoms with E-state index in [0.29, 0.717) is 12.5 Å². The molecule has 0 unspecified atom stereocenters. The Kier molecular flexibility index (Phi) is 4.40. The Morgan fingerprint density at radius 2 is 2.08 bits per heavy atom. The maximum absolute atomic E-state index is 12.5. The van der Waals surface area contributed by atoms with E-state index in [-0.39, 0.29) is 11.8 Å². The average Bonchev–Trinajstić information content (AvgIpc) is 3.25. The number of amides is 1. The lowest BCUT2D eigenvalue weighted by molar-refractivity contribution is -0.117. The molecule has 1 aliphatic carbocycles. The van der Waals surface area contributed by atoms with Crippen LogP contribution in [0.2, 0.25) is 0 Å². The van der Waals surface area contributed by atoms with Gasteiger partial charge in [0.15, 0.2) is 0 Å². The largest absolute Gasteiger partial charge is 0.326 e. The Labute approximate surface area is 155 Å². The zero-order valence-electron chi connectivity index (χ0n) is 13.6. The summed E-state index contributed by atoms with van der Waals surface area (Å²) < 4.78 is 2.92. The fraction of sp³-hybridized carbons (Fsp3) is 0.200. The number of benzene rings is 2. The van der Waals surface area contributed by atoms with Gasteiger partial charge in [-0.15, -0.1) is 0 Å². The third-order valence-electron chi connectivity index (χ3n) is 4.50. The quantitative estimate of drug-likeness (QED) is 0.693. The summed E-state index contributed by atoms with van der Waals surface area (Å²) in [5.41, 5.74) is 3.18. The van der Waals surface area contributed by atoms with Crippen LogP contribution in [0.4, 0.5) is 5.69 Å². The van der Waals surface area contributed by atoms with Crippen molar-refractivity contribution in [2.45, 2.75) is 18.9 Å². The molecule has 4 rings (SSSR count). The molecule has 0 spiro atoms. The molecule has 0 aliphatic heterocycles. The van der Waals surface area contributed by atoms with Crippen LogP contribution in [0.1, 0.15) is 23.5 Å². The fourth-order valence-corrected chi connectivity index (χ4v) is 3.57. The molecule has 2 atom stereocenters. The van der Waals surface area contributed by atoms with Crippen LogP contribution < -0.4 is 5.32 Å². The number of carbonyl (C=O) groups is 1. The van der Waals surface area contributed by atoms with Gasteiger partial charge in [0.25, 0.3) is 0 Å². The standard InChI is InChI=1S/C20H18BrN3O/c21-16-6-2-5-15(11-16)18-12-19(18)20(25)23-17-7-1-4-14(10-17)13-24-9-3-8-22-24/h1-11,18-19H,12-13H2,(H,23,25)/t18-,19+/m1/s1. The monoisotopic (exact) mass is 395 g/mol. The topological polar surface area (TPSA) is 46.9 Å². The minimum absolute atomic E-state index is 0.0593. The third kappa shape index (κ3) is 3.82. The second kappa shape index (κ2) is 6.84. The molecule has 1 aromatic heterocycles.